The molecule has 0 heterocycles. The summed E-state index contributed by atoms with van der Waals surface area (Å²) in [6.45, 7) is 0. The molecule has 4 N–H and O–H groups in total. The van der Waals surface area contributed by atoms with E-state index >= 15 is 0 Å². The van der Waals surface area contributed by atoms with Gasteiger partial charge in [-0.3, -0.25) is 0 Å². The van der Waals surface area contributed by atoms with Gasteiger partial charge in [0.05, 0.1) is 11.3 Å². The van der Waals surface area contributed by atoms with Gasteiger partial charge in [-0.1, -0.05) is 0 Å². The average molecular weight is 330 g/mol. The Bertz CT molecular complexity index is 722. The molecule has 22 heavy (non-hydrogen) atoms. The van der Waals surface area contributed by atoms with Gasteiger partial charge >= 0.3 is 5.92 Å². The van der Waals surface area contributed by atoms with Crippen molar-refractivity contribution in [3.05, 3.63) is 46.4 Å². The fourth-order valence-electron chi connectivity index (χ4n) is 1.91. The third-order valence-electron chi connectivity index (χ3n) is 3.05. The summed E-state index contributed by atoms with van der Waals surface area (Å²) in [7, 11) is 0. The molecule has 0 spiro atoms. The molecule has 0 bridgehead atoms. The van der Waals surface area contributed by atoms with E-state index in [1.807, 2.05) is 0 Å². The van der Waals surface area contributed by atoms with Crippen molar-refractivity contribution in [3.63, 3.8) is 0 Å². The fraction of sp³-hybridized carbons (Fsp3) is 0.167. The molecule has 0 amide bonds. The van der Waals surface area contributed by atoms with E-state index in [1.165, 1.54) is 0 Å². The highest BCUT2D eigenvalue weighted by Gasteiger charge is 2.53. The third kappa shape index (κ3) is 2.01. The Morgan fingerprint density at radius 2 is 1.45 bits per heavy atom. The summed E-state index contributed by atoms with van der Waals surface area (Å²) in [6, 6.07) is 0.123. The van der Waals surface area contributed by atoms with E-state index in [-0.39, 0.29) is 6.07 Å². The van der Waals surface area contributed by atoms with Crippen molar-refractivity contribution >= 4 is 11.3 Å². The van der Waals surface area contributed by atoms with E-state index in [0.717, 1.165) is 0 Å². The molecule has 0 fully saturated rings. The Morgan fingerprint density at radius 1 is 0.909 bits per heavy atom. The number of hydrogen-bond donors (Lipinski definition) is 2. The summed E-state index contributed by atoms with van der Waals surface area (Å²) in [4.78, 5) is 0. The lowest BCUT2D eigenvalue weighted by atomic mass is 9.89. The number of rotatable bonds is 1. The van der Waals surface area contributed by atoms with Crippen LogP contribution >= 0.6 is 0 Å². The van der Waals surface area contributed by atoms with E-state index in [1.54, 1.807) is 0 Å². The molecule has 0 saturated heterocycles. The van der Waals surface area contributed by atoms with Crippen LogP contribution in [0.25, 0.3) is 5.57 Å². The zero-order chi connectivity index (χ0) is 17.0. The topological polar surface area (TPSA) is 52.0 Å². The van der Waals surface area contributed by atoms with Crippen molar-refractivity contribution in [2.45, 2.75) is 12.1 Å². The first kappa shape index (κ1) is 16.1. The zero-order valence-electron chi connectivity index (χ0n) is 10.3. The number of nitrogens with two attached hydrogens (primary N) is 2. The fourth-order valence-corrected chi connectivity index (χ4v) is 1.91. The second-order valence-electron chi connectivity index (χ2n) is 4.39. The largest absolute Gasteiger partial charge is 0.396 e. The molecule has 0 saturated carbocycles. The highest BCUT2D eigenvalue weighted by atomic mass is 19.3. The van der Waals surface area contributed by atoms with Gasteiger partial charge in [0.1, 0.15) is 11.5 Å². The molecule has 120 valence electrons. The second-order valence-corrected chi connectivity index (χ2v) is 4.39. The summed E-state index contributed by atoms with van der Waals surface area (Å²) < 4.78 is 108. The maximum absolute atomic E-state index is 13.8. The Hall–Kier alpha value is -2.26. The number of halogens is 8. The maximum atomic E-state index is 13.8. The molecular weight excluding hydrogens is 324 g/mol. The van der Waals surface area contributed by atoms with Crippen LogP contribution in [0.3, 0.4) is 0 Å². The summed E-state index contributed by atoms with van der Waals surface area (Å²) in [5.41, 5.74) is 2.47. The van der Waals surface area contributed by atoms with Gasteiger partial charge in [0.2, 0.25) is 0 Å². The first-order chi connectivity index (χ1) is 10.0. The second kappa shape index (κ2) is 4.89. The van der Waals surface area contributed by atoms with Gasteiger partial charge in [-0.2, -0.15) is 8.78 Å². The van der Waals surface area contributed by atoms with Crippen LogP contribution in [-0.4, -0.2) is 12.1 Å². The molecule has 1 aromatic rings. The third-order valence-corrected chi connectivity index (χ3v) is 3.05. The quantitative estimate of drug-likeness (QED) is 0.470. The predicted molar refractivity (Wildman–Crippen MR) is 60.9 cm³/mol. The lowest BCUT2D eigenvalue weighted by molar-refractivity contribution is -0.0204. The van der Waals surface area contributed by atoms with Crippen molar-refractivity contribution in [2.75, 3.05) is 5.73 Å². The number of hydrogen-bond acceptors (Lipinski definition) is 2. The van der Waals surface area contributed by atoms with Crippen molar-refractivity contribution < 1.29 is 35.1 Å². The van der Waals surface area contributed by atoms with Crippen molar-refractivity contribution in [3.8, 4) is 0 Å². The van der Waals surface area contributed by atoms with Gasteiger partial charge in [-0.15, -0.1) is 0 Å². The first-order valence-electron chi connectivity index (χ1n) is 5.52. The summed E-state index contributed by atoms with van der Waals surface area (Å²) in [5, 5.41) is 0. The Balaban J connectivity index is 2.85. The lowest BCUT2D eigenvalue weighted by Crippen LogP contribution is -2.41. The normalized spacial score (nSPS) is 21.5. The molecule has 2 nitrogen and oxygen atoms in total. The van der Waals surface area contributed by atoms with Crippen LogP contribution < -0.4 is 11.5 Å². The van der Waals surface area contributed by atoms with E-state index < -0.39 is 63.7 Å². The van der Waals surface area contributed by atoms with Crippen LogP contribution in [0.15, 0.2) is 23.4 Å². The molecule has 0 aromatic heterocycles. The molecule has 1 atom stereocenters. The van der Waals surface area contributed by atoms with Crippen LogP contribution in [-0.2, 0) is 0 Å². The van der Waals surface area contributed by atoms with E-state index in [2.05, 4.69) is 5.73 Å². The van der Waals surface area contributed by atoms with Gasteiger partial charge in [-0.05, 0) is 0 Å². The summed E-state index contributed by atoms with van der Waals surface area (Å²) in [5.74, 6) is -15.5. The molecule has 0 radical (unpaired) electrons. The van der Waals surface area contributed by atoms with E-state index in [4.69, 9.17) is 5.73 Å². The van der Waals surface area contributed by atoms with Gasteiger partial charge in [0.25, 0.3) is 0 Å². The van der Waals surface area contributed by atoms with Crippen molar-refractivity contribution in [1.82, 2.24) is 0 Å². The maximum Gasteiger partial charge on any atom is 0.324 e. The minimum Gasteiger partial charge on any atom is -0.396 e. The highest BCUT2D eigenvalue weighted by Crippen LogP contribution is 2.47. The van der Waals surface area contributed by atoms with Crippen LogP contribution in [0.2, 0.25) is 0 Å². The minimum atomic E-state index is -4.77. The van der Waals surface area contributed by atoms with Crippen LogP contribution in [0.4, 0.5) is 40.8 Å². The highest BCUT2D eigenvalue weighted by molar-refractivity contribution is 5.78. The Labute approximate surface area is 117 Å². The van der Waals surface area contributed by atoms with Gasteiger partial charge in [-0.25, -0.2) is 26.3 Å². The van der Waals surface area contributed by atoms with Crippen LogP contribution in [0.5, 0.6) is 0 Å². The standard InChI is InChI=1S/C12H6F8N2/c13-2-1-3(21)6(14)7(15)4(2)5-8(16)9(17)11(22)12(19,20)10(5)18/h1,10H,21-22H2. The smallest absolute Gasteiger partial charge is 0.324 e. The molecule has 10 heteroatoms. The van der Waals surface area contributed by atoms with E-state index in [0.29, 0.717) is 0 Å². The predicted octanol–water partition coefficient (Wildman–Crippen LogP) is 3.49. The zero-order valence-corrected chi connectivity index (χ0v) is 10.3. The minimum absolute atomic E-state index is 0.123. The average Bonchev–Trinajstić information content (AvgIpc) is 2.45. The Kier molecular flexibility index (Phi) is 3.58. The van der Waals surface area contributed by atoms with Gasteiger partial charge in [0, 0.05) is 11.6 Å². The van der Waals surface area contributed by atoms with E-state index in [9.17, 15) is 35.1 Å². The van der Waals surface area contributed by atoms with Crippen molar-refractivity contribution in [1.29, 1.82) is 0 Å². The molecule has 1 unspecified atom stereocenters. The molecule has 1 aliphatic rings. The lowest BCUT2D eigenvalue weighted by Gasteiger charge is -2.28. The first-order valence-corrected chi connectivity index (χ1v) is 5.52. The summed E-state index contributed by atoms with van der Waals surface area (Å²) >= 11 is 0. The Morgan fingerprint density at radius 3 is 2.00 bits per heavy atom. The number of benzene rings is 1. The molecule has 1 aromatic carbocycles. The summed E-state index contributed by atoms with van der Waals surface area (Å²) in [6.07, 6.45) is -3.72. The molecule has 2 rings (SSSR count). The van der Waals surface area contributed by atoms with Gasteiger partial charge in [0.15, 0.2) is 29.5 Å². The van der Waals surface area contributed by atoms with Crippen LogP contribution in [0, 0.1) is 17.5 Å². The molecule has 0 aliphatic heterocycles. The number of alkyl halides is 3. The molecular formula is C12H6F8N2. The number of nitrogen functional groups attached to an aromatic ring is 1. The monoisotopic (exact) mass is 330 g/mol. The van der Waals surface area contributed by atoms with Crippen molar-refractivity contribution in [2.24, 2.45) is 5.73 Å². The van der Waals surface area contributed by atoms with Crippen LogP contribution in [0.1, 0.15) is 5.56 Å². The number of anilines is 1. The SMILES string of the molecule is NC1=C(F)C(F)=C(c2c(F)cc(N)c(F)c2F)C(F)C1(F)F. The molecule has 1 aliphatic carbocycles. The number of allylic oxidation sites excluding steroid dienone is 4. The van der Waals surface area contributed by atoms with Gasteiger partial charge < -0.3 is 11.5 Å².